The van der Waals surface area contributed by atoms with Crippen LogP contribution in [0.2, 0.25) is 0 Å². The number of rotatable bonds is 2. The number of hydrogen-bond acceptors (Lipinski definition) is 2. The Kier molecular flexibility index (Phi) is 2.44. The fourth-order valence-corrected chi connectivity index (χ4v) is 1.52. The number of carbonyl (C=O) groups is 1. The molecule has 0 N–H and O–H groups in total. The minimum Gasteiger partial charge on any atom is -0.381 e. The smallest absolute Gasteiger partial charge is 0.133 e. The molecule has 0 aromatic carbocycles. The summed E-state index contributed by atoms with van der Waals surface area (Å²) in [6.07, 6.45) is 3.36. The Morgan fingerprint density at radius 3 is 2.50 bits per heavy atom. The summed E-state index contributed by atoms with van der Waals surface area (Å²) >= 11 is 0. The second-order valence-electron chi connectivity index (χ2n) is 2.98. The molecule has 2 heteroatoms. The quantitative estimate of drug-likeness (QED) is 0.582. The van der Waals surface area contributed by atoms with Crippen LogP contribution in [-0.4, -0.2) is 19.0 Å². The van der Waals surface area contributed by atoms with Crippen molar-refractivity contribution in [1.82, 2.24) is 0 Å². The van der Waals surface area contributed by atoms with Gasteiger partial charge in [-0.3, -0.25) is 4.79 Å². The maximum absolute atomic E-state index is 10.9. The molecule has 1 fully saturated rings. The van der Waals surface area contributed by atoms with Gasteiger partial charge in [-0.05, 0) is 26.2 Å². The first-order valence-electron chi connectivity index (χ1n) is 3.77. The van der Waals surface area contributed by atoms with Crippen LogP contribution in [0.1, 0.15) is 26.2 Å². The molecule has 2 nitrogen and oxygen atoms in total. The molecule has 2 atom stereocenters. The van der Waals surface area contributed by atoms with Crippen molar-refractivity contribution in [3.05, 3.63) is 0 Å². The van der Waals surface area contributed by atoms with Gasteiger partial charge in [-0.1, -0.05) is 0 Å². The van der Waals surface area contributed by atoms with E-state index in [9.17, 15) is 4.79 Å². The first-order valence-corrected chi connectivity index (χ1v) is 3.77. The summed E-state index contributed by atoms with van der Waals surface area (Å²) in [5, 5.41) is 0. The molecule has 0 heterocycles. The molecule has 1 saturated carbocycles. The van der Waals surface area contributed by atoms with Crippen molar-refractivity contribution in [2.45, 2.75) is 32.3 Å². The Morgan fingerprint density at radius 2 is 2.20 bits per heavy atom. The lowest BCUT2D eigenvalue weighted by molar-refractivity contribution is -0.120. The molecule has 1 aliphatic carbocycles. The number of hydrogen-bond donors (Lipinski definition) is 0. The monoisotopic (exact) mass is 142 g/mol. The Hall–Kier alpha value is -0.370. The Morgan fingerprint density at radius 1 is 1.50 bits per heavy atom. The maximum atomic E-state index is 10.9. The van der Waals surface area contributed by atoms with Gasteiger partial charge in [-0.2, -0.15) is 0 Å². The molecular formula is C8H14O2. The van der Waals surface area contributed by atoms with Crippen molar-refractivity contribution >= 4 is 5.78 Å². The fourth-order valence-electron chi connectivity index (χ4n) is 1.52. The highest BCUT2D eigenvalue weighted by molar-refractivity contribution is 5.78. The molecule has 0 radical (unpaired) electrons. The van der Waals surface area contributed by atoms with E-state index in [0.29, 0.717) is 11.9 Å². The van der Waals surface area contributed by atoms with Crippen molar-refractivity contribution < 1.29 is 9.53 Å². The van der Waals surface area contributed by atoms with E-state index < -0.39 is 0 Å². The second kappa shape index (κ2) is 3.15. The highest BCUT2D eigenvalue weighted by Crippen LogP contribution is 2.27. The summed E-state index contributed by atoms with van der Waals surface area (Å²) in [6, 6.07) is 0. The van der Waals surface area contributed by atoms with Gasteiger partial charge in [0, 0.05) is 13.0 Å². The van der Waals surface area contributed by atoms with Crippen molar-refractivity contribution in [2.24, 2.45) is 5.92 Å². The van der Waals surface area contributed by atoms with Crippen LogP contribution in [0.15, 0.2) is 0 Å². The first kappa shape index (κ1) is 7.73. The van der Waals surface area contributed by atoms with E-state index in [1.165, 1.54) is 0 Å². The minimum absolute atomic E-state index is 0.282. The van der Waals surface area contributed by atoms with E-state index >= 15 is 0 Å². The number of ether oxygens (including phenoxy) is 1. The van der Waals surface area contributed by atoms with Gasteiger partial charge in [0.1, 0.15) is 5.78 Å². The molecule has 1 rings (SSSR count). The van der Waals surface area contributed by atoms with E-state index in [0.717, 1.165) is 19.3 Å². The molecule has 0 aromatic heterocycles. The lowest BCUT2D eigenvalue weighted by Crippen LogP contribution is -2.09. The molecule has 0 aliphatic heterocycles. The zero-order chi connectivity index (χ0) is 7.56. The van der Waals surface area contributed by atoms with Crippen molar-refractivity contribution in [1.29, 1.82) is 0 Å². The van der Waals surface area contributed by atoms with Crippen LogP contribution in [0.4, 0.5) is 0 Å². The molecule has 10 heavy (non-hydrogen) atoms. The average Bonchev–Trinajstić information content (AvgIpc) is 2.34. The van der Waals surface area contributed by atoms with E-state index in [2.05, 4.69) is 0 Å². The van der Waals surface area contributed by atoms with Gasteiger partial charge in [-0.15, -0.1) is 0 Å². The SMILES string of the molecule is COC1CCC(C(C)=O)C1. The van der Waals surface area contributed by atoms with Gasteiger partial charge in [0.25, 0.3) is 0 Å². The Labute approximate surface area is 61.6 Å². The molecule has 0 spiro atoms. The van der Waals surface area contributed by atoms with Crippen molar-refractivity contribution in [3.63, 3.8) is 0 Å². The lowest BCUT2D eigenvalue weighted by Gasteiger charge is -2.05. The van der Waals surface area contributed by atoms with Crippen molar-refractivity contribution in [3.8, 4) is 0 Å². The number of Topliss-reactive ketones (excluding diaryl/α,β-unsaturated/α-hetero) is 1. The second-order valence-corrected chi connectivity index (χ2v) is 2.98. The Balaban J connectivity index is 2.35. The van der Waals surface area contributed by atoms with Crippen LogP contribution in [0.25, 0.3) is 0 Å². The molecule has 1 aliphatic rings. The van der Waals surface area contributed by atoms with Gasteiger partial charge in [0.05, 0.1) is 6.10 Å². The summed E-state index contributed by atoms with van der Waals surface area (Å²) in [7, 11) is 1.72. The molecule has 0 aromatic rings. The zero-order valence-electron chi connectivity index (χ0n) is 6.59. The lowest BCUT2D eigenvalue weighted by atomic mass is 10.0. The van der Waals surface area contributed by atoms with E-state index in [4.69, 9.17) is 4.74 Å². The summed E-state index contributed by atoms with van der Waals surface area (Å²) in [5.41, 5.74) is 0. The number of carbonyl (C=O) groups excluding carboxylic acids is 1. The largest absolute Gasteiger partial charge is 0.381 e. The maximum Gasteiger partial charge on any atom is 0.133 e. The van der Waals surface area contributed by atoms with Gasteiger partial charge in [-0.25, -0.2) is 0 Å². The zero-order valence-corrected chi connectivity index (χ0v) is 6.59. The fraction of sp³-hybridized carbons (Fsp3) is 0.875. The highest BCUT2D eigenvalue weighted by Gasteiger charge is 2.26. The van der Waals surface area contributed by atoms with Crippen LogP contribution in [0.3, 0.4) is 0 Å². The van der Waals surface area contributed by atoms with Gasteiger partial charge < -0.3 is 4.74 Å². The topological polar surface area (TPSA) is 26.3 Å². The van der Waals surface area contributed by atoms with Crippen LogP contribution in [0, 0.1) is 5.92 Å². The van der Waals surface area contributed by atoms with Crippen LogP contribution < -0.4 is 0 Å². The number of ketones is 1. The summed E-state index contributed by atoms with van der Waals surface area (Å²) in [6.45, 7) is 1.67. The third-order valence-corrected chi connectivity index (χ3v) is 2.29. The summed E-state index contributed by atoms with van der Waals surface area (Å²) < 4.78 is 5.14. The standard InChI is InChI=1S/C8H14O2/c1-6(9)7-3-4-8(5-7)10-2/h7-8H,3-5H2,1-2H3. The van der Waals surface area contributed by atoms with E-state index in [1.54, 1.807) is 14.0 Å². The summed E-state index contributed by atoms with van der Waals surface area (Å²) in [4.78, 5) is 10.9. The first-order chi connectivity index (χ1) is 4.74. The molecule has 0 bridgehead atoms. The normalized spacial score (nSPS) is 32.6. The molecule has 0 saturated heterocycles. The van der Waals surface area contributed by atoms with E-state index in [-0.39, 0.29) is 5.92 Å². The predicted octanol–water partition coefficient (Wildman–Crippen LogP) is 1.39. The van der Waals surface area contributed by atoms with Crippen LogP contribution in [0.5, 0.6) is 0 Å². The molecule has 58 valence electrons. The van der Waals surface area contributed by atoms with Crippen LogP contribution in [-0.2, 0) is 9.53 Å². The van der Waals surface area contributed by atoms with Crippen LogP contribution >= 0.6 is 0 Å². The number of methoxy groups -OCH3 is 1. The molecule has 2 unspecified atom stereocenters. The van der Waals surface area contributed by atoms with Gasteiger partial charge in [0.15, 0.2) is 0 Å². The van der Waals surface area contributed by atoms with Gasteiger partial charge in [0.2, 0.25) is 0 Å². The van der Waals surface area contributed by atoms with E-state index in [1.807, 2.05) is 0 Å². The predicted molar refractivity (Wildman–Crippen MR) is 38.8 cm³/mol. The molecule has 0 amide bonds. The van der Waals surface area contributed by atoms with Crippen molar-refractivity contribution in [2.75, 3.05) is 7.11 Å². The third-order valence-electron chi connectivity index (χ3n) is 2.29. The minimum atomic E-state index is 0.282. The average molecular weight is 142 g/mol. The Bertz CT molecular complexity index is 131. The highest BCUT2D eigenvalue weighted by atomic mass is 16.5. The summed E-state index contributed by atoms with van der Waals surface area (Å²) in [5.74, 6) is 0.601. The van der Waals surface area contributed by atoms with Gasteiger partial charge >= 0.3 is 0 Å². The molecular weight excluding hydrogens is 128 g/mol. The third kappa shape index (κ3) is 1.57.